The molecular formula is C17H21N7. The first-order valence-electron chi connectivity index (χ1n) is 8.25. The first kappa shape index (κ1) is 14.9. The lowest BCUT2D eigenvalue weighted by Crippen LogP contribution is -2.29. The molecule has 7 heteroatoms. The Labute approximate surface area is 140 Å². The largest absolute Gasteiger partial charge is 0.381 e. The third-order valence-corrected chi connectivity index (χ3v) is 4.46. The van der Waals surface area contributed by atoms with Gasteiger partial charge in [-0.2, -0.15) is 5.10 Å². The second-order valence-corrected chi connectivity index (χ2v) is 6.14. The lowest BCUT2D eigenvalue weighted by Gasteiger charge is -2.22. The summed E-state index contributed by atoms with van der Waals surface area (Å²) >= 11 is 0. The van der Waals surface area contributed by atoms with Gasteiger partial charge in [0, 0.05) is 36.3 Å². The minimum Gasteiger partial charge on any atom is -0.381 e. The molecule has 0 radical (unpaired) electrons. The number of rotatable bonds is 2. The predicted molar refractivity (Wildman–Crippen MR) is 96.0 cm³/mol. The number of nitrogens with two attached hydrogens (primary N) is 1. The minimum absolute atomic E-state index is 0.487. The van der Waals surface area contributed by atoms with E-state index in [1.165, 1.54) is 0 Å². The number of nitrogen functional groups attached to an aromatic ring is 1. The maximum atomic E-state index is 6.10. The molecular weight excluding hydrogens is 302 g/mol. The van der Waals surface area contributed by atoms with Gasteiger partial charge in [0.25, 0.3) is 0 Å². The SMILES string of the molecule is Cc1[nH]nc2ccc(-c3cnc(N)c(N4CCCNCC4)n3)cc12. The van der Waals surface area contributed by atoms with Crippen LogP contribution in [-0.4, -0.2) is 46.3 Å². The summed E-state index contributed by atoms with van der Waals surface area (Å²) in [6, 6.07) is 6.13. The smallest absolute Gasteiger partial charge is 0.172 e. The number of nitrogens with one attached hydrogen (secondary N) is 2. The van der Waals surface area contributed by atoms with Gasteiger partial charge in [0.15, 0.2) is 11.6 Å². The highest BCUT2D eigenvalue weighted by Crippen LogP contribution is 2.27. The van der Waals surface area contributed by atoms with Crippen LogP contribution in [-0.2, 0) is 0 Å². The van der Waals surface area contributed by atoms with Gasteiger partial charge in [-0.25, -0.2) is 9.97 Å². The molecule has 7 nitrogen and oxygen atoms in total. The van der Waals surface area contributed by atoms with E-state index in [2.05, 4.69) is 31.5 Å². The van der Waals surface area contributed by atoms with Crippen molar-refractivity contribution in [2.45, 2.75) is 13.3 Å². The highest BCUT2D eigenvalue weighted by molar-refractivity contribution is 5.86. The van der Waals surface area contributed by atoms with Crippen LogP contribution in [0.2, 0.25) is 0 Å². The molecule has 0 unspecified atom stereocenters. The molecule has 1 saturated heterocycles. The first-order valence-corrected chi connectivity index (χ1v) is 8.25. The van der Waals surface area contributed by atoms with E-state index in [0.717, 1.165) is 66.3 Å². The molecule has 2 aromatic heterocycles. The number of fused-ring (bicyclic) bond motifs is 1. The molecule has 0 saturated carbocycles. The summed E-state index contributed by atoms with van der Waals surface area (Å²) in [6.07, 6.45) is 2.82. The lowest BCUT2D eigenvalue weighted by molar-refractivity contribution is 0.724. The number of hydrogen-bond acceptors (Lipinski definition) is 6. The average molecular weight is 323 g/mol. The Kier molecular flexibility index (Phi) is 3.78. The van der Waals surface area contributed by atoms with Gasteiger partial charge in [-0.1, -0.05) is 6.07 Å². The molecule has 3 heterocycles. The zero-order valence-electron chi connectivity index (χ0n) is 13.7. The first-order chi connectivity index (χ1) is 11.7. The zero-order chi connectivity index (χ0) is 16.5. The second kappa shape index (κ2) is 6.09. The number of nitrogens with zero attached hydrogens (tertiary/aromatic N) is 4. The third kappa shape index (κ3) is 2.67. The van der Waals surface area contributed by atoms with Crippen molar-refractivity contribution in [1.29, 1.82) is 0 Å². The molecule has 1 aliphatic rings. The molecule has 0 aliphatic carbocycles. The van der Waals surface area contributed by atoms with E-state index in [9.17, 15) is 0 Å². The van der Waals surface area contributed by atoms with E-state index in [1.54, 1.807) is 6.20 Å². The summed E-state index contributed by atoms with van der Waals surface area (Å²) < 4.78 is 0. The Bertz CT molecular complexity index is 863. The zero-order valence-corrected chi connectivity index (χ0v) is 13.7. The van der Waals surface area contributed by atoms with E-state index in [0.29, 0.717) is 5.82 Å². The summed E-state index contributed by atoms with van der Waals surface area (Å²) in [4.78, 5) is 11.4. The number of aromatic amines is 1. The predicted octanol–water partition coefficient (Wildman–Crippen LogP) is 1.71. The van der Waals surface area contributed by atoms with Crippen LogP contribution in [0.4, 0.5) is 11.6 Å². The number of H-pyrrole nitrogens is 1. The van der Waals surface area contributed by atoms with Crippen LogP contribution in [0.5, 0.6) is 0 Å². The second-order valence-electron chi connectivity index (χ2n) is 6.14. The van der Waals surface area contributed by atoms with Gasteiger partial charge in [-0.15, -0.1) is 0 Å². The van der Waals surface area contributed by atoms with Crippen molar-refractivity contribution in [3.05, 3.63) is 30.1 Å². The van der Waals surface area contributed by atoms with E-state index >= 15 is 0 Å². The maximum absolute atomic E-state index is 6.10. The molecule has 0 spiro atoms. The van der Waals surface area contributed by atoms with Gasteiger partial charge in [0.1, 0.15) is 0 Å². The fourth-order valence-electron chi connectivity index (χ4n) is 3.12. The van der Waals surface area contributed by atoms with Crippen molar-refractivity contribution in [2.75, 3.05) is 36.8 Å². The standard InChI is InChI=1S/C17H21N7/c1-11-13-9-12(3-4-14(13)23-22-11)15-10-20-16(18)17(21-15)24-7-2-5-19-6-8-24/h3-4,9-10,19H,2,5-8H2,1H3,(H2,18,20)(H,22,23). The summed E-state index contributed by atoms with van der Waals surface area (Å²) in [6.45, 7) is 5.81. The van der Waals surface area contributed by atoms with Crippen LogP contribution in [0.25, 0.3) is 22.2 Å². The average Bonchev–Trinajstić information content (AvgIpc) is 2.81. The fourth-order valence-corrected chi connectivity index (χ4v) is 3.12. The van der Waals surface area contributed by atoms with Gasteiger partial charge in [0.2, 0.25) is 0 Å². The van der Waals surface area contributed by atoms with E-state index in [4.69, 9.17) is 10.7 Å². The molecule has 0 amide bonds. The van der Waals surface area contributed by atoms with Crippen LogP contribution >= 0.6 is 0 Å². The van der Waals surface area contributed by atoms with Gasteiger partial charge in [-0.3, -0.25) is 5.10 Å². The van der Waals surface area contributed by atoms with E-state index < -0.39 is 0 Å². The quantitative estimate of drug-likeness (QED) is 0.664. The van der Waals surface area contributed by atoms with Gasteiger partial charge >= 0.3 is 0 Å². The number of anilines is 2. The summed E-state index contributed by atoms with van der Waals surface area (Å²) in [5.74, 6) is 1.27. The van der Waals surface area contributed by atoms with Crippen LogP contribution in [0.15, 0.2) is 24.4 Å². The molecule has 4 rings (SSSR count). The van der Waals surface area contributed by atoms with Crippen LogP contribution in [0.1, 0.15) is 12.1 Å². The Morgan fingerprint density at radius 3 is 3.04 bits per heavy atom. The molecule has 0 bridgehead atoms. The molecule has 1 aliphatic heterocycles. The summed E-state index contributed by atoms with van der Waals surface area (Å²) in [7, 11) is 0. The van der Waals surface area contributed by atoms with Crippen LogP contribution < -0.4 is 16.0 Å². The number of aromatic nitrogens is 4. The minimum atomic E-state index is 0.487. The number of aryl methyl sites for hydroxylation is 1. The van der Waals surface area contributed by atoms with Gasteiger partial charge in [-0.05, 0) is 32.0 Å². The van der Waals surface area contributed by atoms with Gasteiger partial charge < -0.3 is 16.0 Å². The Morgan fingerprint density at radius 2 is 2.12 bits per heavy atom. The Morgan fingerprint density at radius 1 is 1.21 bits per heavy atom. The highest BCUT2D eigenvalue weighted by atomic mass is 15.2. The fraction of sp³-hybridized carbons (Fsp3) is 0.353. The summed E-state index contributed by atoms with van der Waals surface area (Å²) in [5, 5.41) is 11.8. The van der Waals surface area contributed by atoms with Crippen molar-refractivity contribution in [1.82, 2.24) is 25.5 Å². The number of hydrogen-bond donors (Lipinski definition) is 3. The normalized spacial score (nSPS) is 15.6. The Hall–Kier alpha value is -2.67. The molecule has 24 heavy (non-hydrogen) atoms. The van der Waals surface area contributed by atoms with Crippen molar-refractivity contribution in [3.8, 4) is 11.3 Å². The molecule has 3 aromatic rings. The van der Waals surface area contributed by atoms with E-state index in [-0.39, 0.29) is 0 Å². The molecule has 0 atom stereocenters. The molecule has 1 fully saturated rings. The third-order valence-electron chi connectivity index (χ3n) is 4.46. The van der Waals surface area contributed by atoms with Crippen LogP contribution in [0.3, 0.4) is 0 Å². The maximum Gasteiger partial charge on any atom is 0.172 e. The van der Waals surface area contributed by atoms with Crippen molar-refractivity contribution in [2.24, 2.45) is 0 Å². The van der Waals surface area contributed by atoms with E-state index in [1.807, 2.05) is 19.1 Å². The monoisotopic (exact) mass is 323 g/mol. The summed E-state index contributed by atoms with van der Waals surface area (Å²) in [5.41, 5.74) is 9.96. The molecule has 1 aromatic carbocycles. The van der Waals surface area contributed by atoms with Crippen molar-refractivity contribution < 1.29 is 0 Å². The number of benzene rings is 1. The van der Waals surface area contributed by atoms with Gasteiger partial charge in [0.05, 0.1) is 17.4 Å². The molecule has 124 valence electrons. The topological polar surface area (TPSA) is 95.8 Å². The Balaban J connectivity index is 1.74. The molecule has 4 N–H and O–H groups in total. The van der Waals surface area contributed by atoms with Crippen LogP contribution in [0, 0.1) is 6.92 Å². The highest BCUT2D eigenvalue weighted by Gasteiger charge is 2.16. The lowest BCUT2D eigenvalue weighted by atomic mass is 10.1. The van der Waals surface area contributed by atoms with Crippen molar-refractivity contribution >= 4 is 22.5 Å². The van der Waals surface area contributed by atoms with Crippen molar-refractivity contribution in [3.63, 3.8) is 0 Å².